The first kappa shape index (κ1) is 12.6. The second kappa shape index (κ2) is 4.61. The summed E-state index contributed by atoms with van der Waals surface area (Å²) in [5.41, 5.74) is 3.32. The lowest BCUT2D eigenvalue weighted by molar-refractivity contribution is -0.118. The average Bonchev–Trinajstić information content (AvgIpc) is 2.91. The molecule has 1 saturated heterocycles. The van der Waals surface area contributed by atoms with E-state index in [2.05, 4.69) is 10.7 Å². The smallest absolute Gasteiger partial charge is 0.275 e. The number of nitrogens with zero attached hydrogens (tertiary/aromatic N) is 1. The van der Waals surface area contributed by atoms with Crippen molar-refractivity contribution in [3.8, 4) is 0 Å². The molecule has 1 aromatic carbocycles. The molecule has 1 aliphatic rings. The third kappa shape index (κ3) is 2.01. The Hall–Kier alpha value is -2.41. The molecule has 7 heteroatoms. The van der Waals surface area contributed by atoms with Crippen LogP contribution in [0.1, 0.15) is 15.2 Å². The fourth-order valence-electron chi connectivity index (χ4n) is 2.10. The van der Waals surface area contributed by atoms with Crippen LogP contribution in [0.2, 0.25) is 0 Å². The fraction of sp³-hybridized carbons (Fsp3) is 0.154. The van der Waals surface area contributed by atoms with Gasteiger partial charge in [0.15, 0.2) is 0 Å². The first-order valence-corrected chi connectivity index (χ1v) is 6.78. The molecule has 0 saturated carbocycles. The number of urea groups is 1. The Morgan fingerprint density at radius 2 is 2.10 bits per heavy atom. The maximum atomic E-state index is 12.2. The molecule has 2 heterocycles. The number of fused-ring (bicyclic) bond motifs is 1. The van der Waals surface area contributed by atoms with Crippen LogP contribution in [0.4, 0.5) is 4.79 Å². The summed E-state index contributed by atoms with van der Waals surface area (Å²) >= 11 is 1.36. The zero-order chi connectivity index (χ0) is 14.3. The lowest BCUT2D eigenvalue weighted by atomic mass is 10.1. The van der Waals surface area contributed by atoms with Gasteiger partial charge in [0.1, 0.15) is 6.54 Å². The van der Waals surface area contributed by atoms with Gasteiger partial charge < -0.3 is 0 Å². The minimum atomic E-state index is -0.609. The highest BCUT2D eigenvalue weighted by Crippen LogP contribution is 2.30. The molecule has 0 unspecified atom stereocenters. The molecular formula is C13H11N3O3S. The molecule has 2 aromatic rings. The number of hydrazine groups is 1. The molecule has 0 aliphatic carbocycles. The molecule has 3 rings (SSSR count). The minimum Gasteiger partial charge on any atom is -0.275 e. The van der Waals surface area contributed by atoms with Crippen molar-refractivity contribution in [3.05, 3.63) is 34.7 Å². The first-order chi connectivity index (χ1) is 9.56. The summed E-state index contributed by atoms with van der Waals surface area (Å²) in [6.07, 6.45) is 0. The van der Waals surface area contributed by atoms with E-state index in [1.165, 1.54) is 11.3 Å². The summed E-state index contributed by atoms with van der Waals surface area (Å²) in [5.74, 6) is -0.808. The SMILES string of the molecule is Cc1c(C(=O)NN2CC(=O)NC2=O)sc2ccccc12. The molecule has 1 fully saturated rings. The van der Waals surface area contributed by atoms with E-state index in [1.54, 1.807) is 0 Å². The van der Waals surface area contributed by atoms with Crippen molar-refractivity contribution in [1.29, 1.82) is 0 Å². The van der Waals surface area contributed by atoms with Crippen LogP contribution in [-0.4, -0.2) is 29.4 Å². The Morgan fingerprint density at radius 3 is 2.75 bits per heavy atom. The Kier molecular flexibility index (Phi) is 2.90. The third-order valence-corrected chi connectivity index (χ3v) is 4.35. The molecule has 0 radical (unpaired) electrons. The van der Waals surface area contributed by atoms with Crippen molar-refractivity contribution < 1.29 is 14.4 Å². The molecule has 6 nitrogen and oxygen atoms in total. The van der Waals surface area contributed by atoms with E-state index >= 15 is 0 Å². The summed E-state index contributed by atoms with van der Waals surface area (Å²) in [6.45, 7) is 1.71. The minimum absolute atomic E-state index is 0.158. The van der Waals surface area contributed by atoms with E-state index in [0.717, 1.165) is 20.7 Å². The molecule has 0 bridgehead atoms. The summed E-state index contributed by atoms with van der Waals surface area (Å²) < 4.78 is 1.01. The van der Waals surface area contributed by atoms with Crippen molar-refractivity contribution in [2.45, 2.75) is 6.92 Å². The molecule has 1 aliphatic heterocycles. The molecule has 0 atom stereocenters. The van der Waals surface area contributed by atoms with Gasteiger partial charge in [0.25, 0.3) is 5.91 Å². The number of hydrogen-bond donors (Lipinski definition) is 2. The number of imide groups is 1. The third-order valence-electron chi connectivity index (χ3n) is 3.08. The largest absolute Gasteiger partial charge is 0.343 e. The average molecular weight is 289 g/mol. The van der Waals surface area contributed by atoms with Crippen LogP contribution >= 0.6 is 11.3 Å². The van der Waals surface area contributed by atoms with Gasteiger partial charge in [-0.05, 0) is 23.9 Å². The van der Waals surface area contributed by atoms with Gasteiger partial charge in [-0.25, -0.2) is 9.80 Å². The number of thiophene rings is 1. The van der Waals surface area contributed by atoms with Gasteiger partial charge in [-0.1, -0.05) is 18.2 Å². The van der Waals surface area contributed by atoms with Gasteiger partial charge >= 0.3 is 6.03 Å². The molecule has 20 heavy (non-hydrogen) atoms. The van der Waals surface area contributed by atoms with Gasteiger partial charge in [0.05, 0.1) is 4.88 Å². The standard InChI is InChI=1S/C13H11N3O3S/c1-7-8-4-2-3-5-9(8)20-11(7)12(18)15-16-6-10(17)14-13(16)19/h2-5H,6H2,1H3,(H,15,18)(H,14,17,19). The monoisotopic (exact) mass is 289 g/mol. The number of hydrogen-bond acceptors (Lipinski definition) is 4. The Bertz CT molecular complexity index is 738. The first-order valence-electron chi connectivity index (χ1n) is 5.96. The highest BCUT2D eigenvalue weighted by molar-refractivity contribution is 7.21. The molecule has 2 N–H and O–H groups in total. The predicted octanol–water partition coefficient (Wildman–Crippen LogP) is 1.41. The second-order valence-corrected chi connectivity index (χ2v) is 5.48. The highest BCUT2D eigenvalue weighted by atomic mass is 32.1. The van der Waals surface area contributed by atoms with Crippen molar-refractivity contribution in [3.63, 3.8) is 0 Å². The van der Waals surface area contributed by atoms with Crippen LogP contribution in [0.25, 0.3) is 10.1 Å². The van der Waals surface area contributed by atoms with Crippen molar-refractivity contribution in [2.24, 2.45) is 0 Å². The number of nitrogens with one attached hydrogen (secondary N) is 2. The van der Waals surface area contributed by atoms with Gasteiger partial charge in [-0.2, -0.15) is 0 Å². The number of aryl methyl sites for hydroxylation is 1. The Morgan fingerprint density at radius 1 is 1.35 bits per heavy atom. The molecular weight excluding hydrogens is 278 g/mol. The van der Waals surface area contributed by atoms with Crippen LogP contribution in [0.5, 0.6) is 0 Å². The van der Waals surface area contributed by atoms with Crippen molar-refractivity contribution >= 4 is 39.3 Å². The number of carbonyl (C=O) groups is 3. The summed E-state index contributed by atoms with van der Waals surface area (Å²) in [4.78, 5) is 35.2. The zero-order valence-electron chi connectivity index (χ0n) is 10.6. The number of amides is 4. The second-order valence-electron chi connectivity index (χ2n) is 4.43. The maximum absolute atomic E-state index is 12.2. The van der Waals surface area contributed by atoms with Crippen LogP contribution in [0.15, 0.2) is 24.3 Å². The Balaban J connectivity index is 1.88. The van der Waals surface area contributed by atoms with Gasteiger partial charge in [-0.3, -0.25) is 20.3 Å². The molecule has 102 valence electrons. The van der Waals surface area contributed by atoms with Gasteiger partial charge in [-0.15, -0.1) is 11.3 Å². The molecule has 4 amide bonds. The van der Waals surface area contributed by atoms with E-state index in [0.29, 0.717) is 4.88 Å². The zero-order valence-corrected chi connectivity index (χ0v) is 11.4. The normalized spacial score (nSPS) is 14.8. The topological polar surface area (TPSA) is 78.5 Å². The molecule has 1 aromatic heterocycles. The van der Waals surface area contributed by atoms with Gasteiger partial charge in [0, 0.05) is 4.70 Å². The van der Waals surface area contributed by atoms with E-state index in [4.69, 9.17) is 0 Å². The van der Waals surface area contributed by atoms with E-state index < -0.39 is 11.9 Å². The number of benzene rings is 1. The Labute approximate surface area is 118 Å². The van der Waals surface area contributed by atoms with Crippen LogP contribution in [-0.2, 0) is 4.79 Å². The van der Waals surface area contributed by atoms with Crippen molar-refractivity contribution in [2.75, 3.05) is 6.54 Å². The quantitative estimate of drug-likeness (QED) is 0.820. The lowest BCUT2D eigenvalue weighted by Gasteiger charge is -2.13. The summed E-state index contributed by atoms with van der Waals surface area (Å²) in [7, 11) is 0. The van der Waals surface area contributed by atoms with E-state index in [-0.39, 0.29) is 12.5 Å². The lowest BCUT2D eigenvalue weighted by Crippen LogP contribution is -2.44. The van der Waals surface area contributed by atoms with Gasteiger partial charge in [0.2, 0.25) is 5.91 Å². The van der Waals surface area contributed by atoms with E-state index in [1.807, 2.05) is 31.2 Å². The number of rotatable bonds is 2. The highest BCUT2D eigenvalue weighted by Gasteiger charge is 2.29. The fourth-order valence-corrected chi connectivity index (χ4v) is 3.20. The van der Waals surface area contributed by atoms with Crippen LogP contribution in [0, 0.1) is 6.92 Å². The van der Waals surface area contributed by atoms with Crippen molar-refractivity contribution in [1.82, 2.24) is 15.8 Å². The predicted molar refractivity (Wildman–Crippen MR) is 74.3 cm³/mol. The summed E-state index contributed by atoms with van der Waals surface area (Å²) in [6, 6.07) is 7.10. The summed E-state index contributed by atoms with van der Waals surface area (Å²) in [5, 5.41) is 4.10. The number of carbonyl (C=O) groups excluding carboxylic acids is 3. The van der Waals surface area contributed by atoms with E-state index in [9.17, 15) is 14.4 Å². The molecule has 0 spiro atoms. The van der Waals surface area contributed by atoms with Crippen LogP contribution < -0.4 is 10.7 Å². The van der Waals surface area contributed by atoms with Crippen LogP contribution in [0.3, 0.4) is 0 Å². The maximum Gasteiger partial charge on any atom is 0.343 e.